The van der Waals surface area contributed by atoms with Crippen LogP contribution in [-0.2, 0) is 11.3 Å². The van der Waals surface area contributed by atoms with E-state index in [1.54, 1.807) is 4.90 Å². The minimum absolute atomic E-state index is 0.125. The third-order valence-corrected chi connectivity index (χ3v) is 3.27. The smallest absolute Gasteiger partial charge is 0.222 e. The van der Waals surface area contributed by atoms with Crippen LogP contribution >= 0.6 is 11.3 Å². The lowest BCUT2D eigenvalue weighted by Crippen LogP contribution is -2.26. The van der Waals surface area contributed by atoms with E-state index in [0.29, 0.717) is 18.9 Å². The van der Waals surface area contributed by atoms with E-state index >= 15 is 0 Å². The summed E-state index contributed by atoms with van der Waals surface area (Å²) in [5, 5.41) is 10.6. The van der Waals surface area contributed by atoms with Crippen molar-refractivity contribution < 1.29 is 9.90 Å². The molecule has 0 radical (unpaired) electrons. The Morgan fingerprint density at radius 2 is 2.28 bits per heavy atom. The van der Waals surface area contributed by atoms with Crippen molar-refractivity contribution in [3.8, 4) is 11.8 Å². The summed E-state index contributed by atoms with van der Waals surface area (Å²) in [6.45, 7) is 4.57. The van der Waals surface area contributed by atoms with Gasteiger partial charge in [-0.1, -0.05) is 25.7 Å². The van der Waals surface area contributed by atoms with E-state index < -0.39 is 0 Å². The maximum atomic E-state index is 11.8. The second kappa shape index (κ2) is 7.20. The highest BCUT2D eigenvalue weighted by molar-refractivity contribution is 7.10. The number of hydrogen-bond donors (Lipinski definition) is 1. The number of hydrogen-bond acceptors (Lipinski definition) is 3. The van der Waals surface area contributed by atoms with Gasteiger partial charge in [-0.05, 0) is 22.9 Å². The van der Waals surface area contributed by atoms with Gasteiger partial charge >= 0.3 is 0 Å². The second-order valence-electron chi connectivity index (χ2n) is 4.63. The SMILES string of the molecule is CC(C)CC(=O)N(C)Cc1csc(C#CCO)c1. The Labute approximate surface area is 112 Å². The maximum absolute atomic E-state index is 11.8. The van der Waals surface area contributed by atoms with Crippen molar-refractivity contribution in [2.75, 3.05) is 13.7 Å². The van der Waals surface area contributed by atoms with Gasteiger partial charge in [-0.2, -0.15) is 0 Å². The van der Waals surface area contributed by atoms with E-state index in [1.807, 2.05) is 32.3 Å². The largest absolute Gasteiger partial charge is 0.384 e. The van der Waals surface area contributed by atoms with Crippen LogP contribution in [0.1, 0.15) is 30.7 Å². The minimum Gasteiger partial charge on any atom is -0.384 e. The summed E-state index contributed by atoms with van der Waals surface area (Å²) in [4.78, 5) is 14.5. The molecule has 0 bridgehead atoms. The lowest BCUT2D eigenvalue weighted by molar-refractivity contribution is -0.131. The quantitative estimate of drug-likeness (QED) is 0.847. The molecule has 18 heavy (non-hydrogen) atoms. The van der Waals surface area contributed by atoms with Crippen LogP contribution in [0.5, 0.6) is 0 Å². The van der Waals surface area contributed by atoms with Crippen LogP contribution in [0.15, 0.2) is 11.4 Å². The van der Waals surface area contributed by atoms with E-state index in [4.69, 9.17) is 5.11 Å². The molecule has 0 atom stereocenters. The summed E-state index contributed by atoms with van der Waals surface area (Å²) in [7, 11) is 1.82. The van der Waals surface area contributed by atoms with Crippen LogP contribution < -0.4 is 0 Å². The number of thiophene rings is 1. The average molecular weight is 265 g/mol. The maximum Gasteiger partial charge on any atom is 0.222 e. The molecule has 1 heterocycles. The molecular weight excluding hydrogens is 246 g/mol. The Hall–Kier alpha value is -1.31. The molecule has 0 aliphatic carbocycles. The molecule has 0 saturated heterocycles. The monoisotopic (exact) mass is 265 g/mol. The van der Waals surface area contributed by atoms with E-state index in [-0.39, 0.29) is 12.5 Å². The fourth-order valence-electron chi connectivity index (χ4n) is 1.52. The second-order valence-corrected chi connectivity index (χ2v) is 5.54. The van der Waals surface area contributed by atoms with Gasteiger partial charge in [0.2, 0.25) is 5.91 Å². The van der Waals surface area contributed by atoms with E-state index in [1.165, 1.54) is 11.3 Å². The number of carbonyl (C=O) groups is 1. The Morgan fingerprint density at radius 1 is 1.56 bits per heavy atom. The van der Waals surface area contributed by atoms with Crippen molar-refractivity contribution in [3.05, 3.63) is 21.9 Å². The van der Waals surface area contributed by atoms with Gasteiger partial charge in [0.25, 0.3) is 0 Å². The summed E-state index contributed by atoms with van der Waals surface area (Å²) in [6.07, 6.45) is 0.581. The number of nitrogens with zero attached hydrogens (tertiary/aromatic N) is 1. The lowest BCUT2D eigenvalue weighted by atomic mass is 10.1. The van der Waals surface area contributed by atoms with Gasteiger partial charge in [-0.15, -0.1) is 11.3 Å². The highest BCUT2D eigenvalue weighted by atomic mass is 32.1. The lowest BCUT2D eigenvalue weighted by Gasteiger charge is -2.17. The molecule has 3 nitrogen and oxygen atoms in total. The van der Waals surface area contributed by atoms with E-state index in [0.717, 1.165) is 10.4 Å². The van der Waals surface area contributed by atoms with Crippen LogP contribution in [-0.4, -0.2) is 29.6 Å². The molecule has 0 spiro atoms. The molecule has 1 amide bonds. The zero-order chi connectivity index (χ0) is 13.5. The number of aliphatic hydroxyl groups is 1. The summed E-state index contributed by atoms with van der Waals surface area (Å²) >= 11 is 1.53. The standard InChI is InChI=1S/C14H19NO2S/c1-11(2)7-14(17)15(3)9-12-8-13(18-10-12)5-4-6-16/h8,10-11,16H,6-7,9H2,1-3H3. The zero-order valence-corrected chi connectivity index (χ0v) is 11.9. The number of aliphatic hydroxyl groups excluding tert-OH is 1. The predicted molar refractivity (Wildman–Crippen MR) is 74.2 cm³/mol. The van der Waals surface area contributed by atoms with Crippen LogP contribution in [0.4, 0.5) is 0 Å². The van der Waals surface area contributed by atoms with Crippen molar-refractivity contribution in [1.29, 1.82) is 0 Å². The van der Waals surface area contributed by atoms with Crippen molar-refractivity contribution in [2.24, 2.45) is 5.92 Å². The minimum atomic E-state index is -0.125. The van der Waals surface area contributed by atoms with Gasteiger partial charge in [0, 0.05) is 20.0 Å². The molecule has 0 saturated carbocycles. The first kappa shape index (κ1) is 14.7. The molecule has 1 N–H and O–H groups in total. The fraction of sp³-hybridized carbons (Fsp3) is 0.500. The molecule has 0 fully saturated rings. The third-order valence-electron chi connectivity index (χ3n) is 2.37. The molecule has 0 aliphatic rings. The summed E-state index contributed by atoms with van der Waals surface area (Å²) in [5.74, 6) is 6.03. The van der Waals surface area contributed by atoms with Crippen molar-refractivity contribution in [2.45, 2.75) is 26.8 Å². The molecule has 0 unspecified atom stereocenters. The van der Waals surface area contributed by atoms with Crippen LogP contribution in [0.3, 0.4) is 0 Å². The Bertz CT molecular complexity index is 454. The first-order valence-electron chi connectivity index (χ1n) is 5.94. The van der Waals surface area contributed by atoms with Gasteiger partial charge in [0.05, 0.1) is 4.88 Å². The van der Waals surface area contributed by atoms with Crippen LogP contribution in [0, 0.1) is 17.8 Å². The average Bonchev–Trinajstić information content (AvgIpc) is 2.73. The van der Waals surface area contributed by atoms with Gasteiger partial charge in [0.1, 0.15) is 6.61 Å². The van der Waals surface area contributed by atoms with E-state index in [9.17, 15) is 4.79 Å². The highest BCUT2D eigenvalue weighted by Gasteiger charge is 2.11. The molecule has 1 rings (SSSR count). The topological polar surface area (TPSA) is 40.5 Å². The third kappa shape index (κ3) is 4.91. The summed E-state index contributed by atoms with van der Waals surface area (Å²) < 4.78 is 0. The van der Waals surface area contributed by atoms with Crippen molar-refractivity contribution >= 4 is 17.2 Å². The van der Waals surface area contributed by atoms with Gasteiger partial charge in [0.15, 0.2) is 0 Å². The van der Waals surface area contributed by atoms with Crippen molar-refractivity contribution in [3.63, 3.8) is 0 Å². The molecule has 98 valence electrons. The molecule has 0 aliphatic heterocycles. The Kier molecular flexibility index (Phi) is 5.90. The van der Waals surface area contributed by atoms with Crippen molar-refractivity contribution in [1.82, 2.24) is 4.90 Å². The summed E-state index contributed by atoms with van der Waals surface area (Å²) in [6, 6.07) is 1.96. The molecule has 1 aromatic heterocycles. The number of amides is 1. The van der Waals surface area contributed by atoms with E-state index in [2.05, 4.69) is 11.8 Å². The zero-order valence-electron chi connectivity index (χ0n) is 11.1. The number of carbonyl (C=O) groups excluding carboxylic acids is 1. The Morgan fingerprint density at radius 3 is 2.89 bits per heavy atom. The van der Waals surface area contributed by atoms with Gasteiger partial charge < -0.3 is 10.0 Å². The normalized spacial score (nSPS) is 10.1. The number of rotatable bonds is 4. The van der Waals surface area contributed by atoms with Crippen LogP contribution in [0.2, 0.25) is 0 Å². The molecule has 4 heteroatoms. The van der Waals surface area contributed by atoms with Crippen LogP contribution in [0.25, 0.3) is 0 Å². The molecule has 1 aromatic rings. The highest BCUT2D eigenvalue weighted by Crippen LogP contribution is 2.15. The summed E-state index contributed by atoms with van der Waals surface area (Å²) in [5.41, 5.74) is 1.09. The molecule has 0 aromatic carbocycles. The molecular formula is C14H19NO2S. The Balaban J connectivity index is 2.56. The fourth-order valence-corrected chi connectivity index (χ4v) is 2.29. The predicted octanol–water partition coefficient (Wildman–Crippen LogP) is 2.10. The first-order valence-corrected chi connectivity index (χ1v) is 6.82. The van der Waals surface area contributed by atoms with Gasteiger partial charge in [-0.3, -0.25) is 4.79 Å². The first-order chi connectivity index (χ1) is 8.52. The van der Waals surface area contributed by atoms with Gasteiger partial charge in [-0.25, -0.2) is 0 Å².